The van der Waals surface area contributed by atoms with Crippen LogP contribution in [-0.4, -0.2) is 37.1 Å². The molecule has 3 aromatic rings. The van der Waals surface area contributed by atoms with E-state index in [0.29, 0.717) is 23.6 Å². The number of urea groups is 1. The van der Waals surface area contributed by atoms with Crippen molar-refractivity contribution in [1.29, 1.82) is 0 Å². The van der Waals surface area contributed by atoms with Crippen molar-refractivity contribution >= 4 is 12.0 Å². The summed E-state index contributed by atoms with van der Waals surface area (Å²) in [6.07, 6.45) is 1.51. The molecule has 1 aromatic heterocycles. The number of furan rings is 1. The first-order valence-corrected chi connectivity index (χ1v) is 10.9. The summed E-state index contributed by atoms with van der Waals surface area (Å²) in [6.45, 7) is 2.29. The van der Waals surface area contributed by atoms with Crippen LogP contribution in [0, 0.1) is 0 Å². The first-order valence-electron chi connectivity index (χ1n) is 10.9. The van der Waals surface area contributed by atoms with Gasteiger partial charge in [0.15, 0.2) is 0 Å². The van der Waals surface area contributed by atoms with Crippen LogP contribution in [0.1, 0.15) is 35.9 Å². The van der Waals surface area contributed by atoms with Crippen molar-refractivity contribution in [3.63, 3.8) is 0 Å². The molecule has 170 valence electrons. The molecular weight excluding hydrogens is 418 g/mol. The van der Waals surface area contributed by atoms with Crippen molar-refractivity contribution in [2.75, 3.05) is 20.2 Å². The Bertz CT molecular complexity index is 1070. The number of nitrogens with one attached hydrogen (secondary N) is 2. The quantitative estimate of drug-likeness (QED) is 0.509. The van der Waals surface area contributed by atoms with E-state index in [0.717, 1.165) is 11.1 Å². The van der Waals surface area contributed by atoms with Gasteiger partial charge in [-0.15, -0.1) is 0 Å². The molecule has 1 aliphatic heterocycles. The van der Waals surface area contributed by atoms with Crippen LogP contribution >= 0.6 is 0 Å². The lowest BCUT2D eigenvalue weighted by molar-refractivity contribution is -0.139. The molecule has 2 N–H and O–H groups in total. The maximum absolute atomic E-state index is 13.0. The topological polar surface area (TPSA) is 83.8 Å². The Morgan fingerprint density at radius 1 is 1.03 bits per heavy atom. The van der Waals surface area contributed by atoms with Crippen molar-refractivity contribution in [1.82, 2.24) is 15.5 Å². The van der Waals surface area contributed by atoms with Crippen LogP contribution in [0.25, 0.3) is 0 Å². The van der Waals surface area contributed by atoms with Gasteiger partial charge in [0, 0.05) is 12.2 Å². The fraction of sp³-hybridized carbons (Fsp3) is 0.231. The van der Waals surface area contributed by atoms with E-state index >= 15 is 0 Å². The van der Waals surface area contributed by atoms with Gasteiger partial charge in [-0.1, -0.05) is 60.7 Å². The maximum Gasteiger partial charge on any atom is 0.338 e. The van der Waals surface area contributed by atoms with E-state index < -0.39 is 18.0 Å². The predicted octanol–water partition coefficient (Wildman–Crippen LogP) is 4.17. The Morgan fingerprint density at radius 3 is 2.21 bits per heavy atom. The Hall–Kier alpha value is -3.84. The molecule has 2 heterocycles. The summed E-state index contributed by atoms with van der Waals surface area (Å²) in [6, 6.07) is 22.5. The highest BCUT2D eigenvalue weighted by atomic mass is 16.5. The van der Waals surface area contributed by atoms with Gasteiger partial charge in [0.2, 0.25) is 0 Å². The minimum Gasteiger partial charge on any atom is -0.467 e. The molecule has 1 unspecified atom stereocenters. The summed E-state index contributed by atoms with van der Waals surface area (Å²) in [4.78, 5) is 27.6. The van der Waals surface area contributed by atoms with Crippen LogP contribution in [0.3, 0.4) is 0 Å². The van der Waals surface area contributed by atoms with Gasteiger partial charge in [0.25, 0.3) is 0 Å². The number of hydrogen-bond donors (Lipinski definition) is 2. The number of hydrogen-bond acceptors (Lipinski definition) is 5. The highest BCUT2D eigenvalue weighted by Crippen LogP contribution is 2.32. The van der Waals surface area contributed by atoms with Gasteiger partial charge in [-0.3, -0.25) is 4.90 Å². The molecule has 0 saturated carbocycles. The molecule has 33 heavy (non-hydrogen) atoms. The number of likely N-dealkylation sites (N-methyl/N-ethyl adjacent to an activating group) is 1. The fourth-order valence-electron chi connectivity index (χ4n) is 4.17. The van der Waals surface area contributed by atoms with Crippen LogP contribution in [0.15, 0.2) is 94.7 Å². The van der Waals surface area contributed by atoms with Gasteiger partial charge in [0.1, 0.15) is 11.8 Å². The summed E-state index contributed by atoms with van der Waals surface area (Å²) in [5.74, 6) is -0.0264. The molecule has 7 heteroatoms. The Kier molecular flexibility index (Phi) is 6.90. The van der Waals surface area contributed by atoms with E-state index in [4.69, 9.17) is 9.15 Å². The average Bonchev–Trinajstić information content (AvgIpc) is 3.35. The number of carbonyl (C=O) groups is 2. The van der Waals surface area contributed by atoms with Crippen molar-refractivity contribution in [2.24, 2.45) is 0 Å². The van der Waals surface area contributed by atoms with Gasteiger partial charge in [-0.2, -0.15) is 0 Å². The third kappa shape index (κ3) is 4.99. The first-order chi connectivity index (χ1) is 16.1. The van der Waals surface area contributed by atoms with E-state index in [-0.39, 0.29) is 12.6 Å². The fourth-order valence-corrected chi connectivity index (χ4v) is 4.17. The average molecular weight is 446 g/mol. The Balaban J connectivity index is 1.74. The lowest BCUT2D eigenvalue weighted by Crippen LogP contribution is -2.48. The number of carbonyl (C=O) groups excluding carboxylic acids is 2. The minimum atomic E-state index is -0.733. The lowest BCUT2D eigenvalue weighted by atomic mass is 9.96. The molecule has 0 fully saturated rings. The zero-order valence-corrected chi connectivity index (χ0v) is 18.7. The number of nitrogens with zero attached hydrogens (tertiary/aromatic N) is 1. The summed E-state index contributed by atoms with van der Waals surface area (Å²) >= 11 is 0. The molecule has 2 amide bonds. The Labute approximate surface area is 193 Å². The molecule has 4 rings (SSSR count). The van der Waals surface area contributed by atoms with Crippen LogP contribution in [-0.2, 0) is 9.53 Å². The zero-order chi connectivity index (χ0) is 23.2. The number of amides is 2. The molecule has 0 radical (unpaired) electrons. The highest BCUT2D eigenvalue weighted by molar-refractivity contribution is 5.95. The third-order valence-electron chi connectivity index (χ3n) is 5.56. The smallest absolute Gasteiger partial charge is 0.338 e. The first kappa shape index (κ1) is 22.4. The Morgan fingerprint density at radius 2 is 1.67 bits per heavy atom. The normalized spacial score (nSPS) is 16.0. The number of rotatable bonds is 8. The third-order valence-corrected chi connectivity index (χ3v) is 5.56. The van der Waals surface area contributed by atoms with Gasteiger partial charge < -0.3 is 19.8 Å². The number of esters is 1. The van der Waals surface area contributed by atoms with Crippen molar-refractivity contribution in [3.05, 3.63) is 107 Å². The van der Waals surface area contributed by atoms with Crippen molar-refractivity contribution < 1.29 is 18.7 Å². The van der Waals surface area contributed by atoms with Gasteiger partial charge in [0.05, 0.1) is 24.5 Å². The summed E-state index contributed by atoms with van der Waals surface area (Å²) < 4.78 is 10.9. The van der Waals surface area contributed by atoms with E-state index in [1.54, 1.807) is 19.1 Å². The minimum absolute atomic E-state index is 0.0859. The van der Waals surface area contributed by atoms with Crippen molar-refractivity contribution in [3.8, 4) is 0 Å². The molecule has 7 nitrogen and oxygen atoms in total. The van der Waals surface area contributed by atoms with Gasteiger partial charge >= 0.3 is 12.0 Å². The molecule has 0 aliphatic carbocycles. The molecule has 1 aliphatic rings. The van der Waals surface area contributed by atoms with Crippen LogP contribution in [0.5, 0.6) is 0 Å². The molecule has 0 saturated heterocycles. The van der Waals surface area contributed by atoms with E-state index in [1.165, 1.54) is 6.26 Å². The van der Waals surface area contributed by atoms with Crippen LogP contribution in [0.4, 0.5) is 4.79 Å². The van der Waals surface area contributed by atoms with E-state index in [2.05, 4.69) is 39.8 Å². The number of benzene rings is 2. The van der Waals surface area contributed by atoms with E-state index in [9.17, 15) is 9.59 Å². The maximum atomic E-state index is 13.0. The summed E-state index contributed by atoms with van der Waals surface area (Å²) in [7, 11) is 1.97. The summed E-state index contributed by atoms with van der Waals surface area (Å²) in [5.41, 5.74) is 3.02. The largest absolute Gasteiger partial charge is 0.467 e. The predicted molar refractivity (Wildman–Crippen MR) is 124 cm³/mol. The molecule has 0 bridgehead atoms. The molecule has 2 aromatic carbocycles. The standard InChI is InChI=1S/C26H27N3O4/c1-3-32-25(30)22-20(27-26(31)28-23(22)21-15-10-16-33-21)17-29(2)24(18-11-6-4-7-12-18)19-13-8-5-9-14-19/h4-16,23-24H,3,17H2,1-2H3,(H2,27,28,31). The second-order valence-corrected chi connectivity index (χ2v) is 7.80. The van der Waals surface area contributed by atoms with Crippen LogP contribution < -0.4 is 10.6 Å². The zero-order valence-electron chi connectivity index (χ0n) is 18.7. The van der Waals surface area contributed by atoms with Gasteiger partial charge in [-0.05, 0) is 37.2 Å². The summed E-state index contributed by atoms with van der Waals surface area (Å²) in [5, 5.41) is 5.61. The van der Waals surface area contributed by atoms with Crippen molar-refractivity contribution in [2.45, 2.75) is 19.0 Å². The lowest BCUT2D eigenvalue weighted by Gasteiger charge is -2.33. The molecule has 1 atom stereocenters. The van der Waals surface area contributed by atoms with E-state index in [1.807, 2.05) is 43.4 Å². The SMILES string of the molecule is CCOC(=O)C1=C(CN(C)C(c2ccccc2)c2ccccc2)NC(=O)NC1c1ccco1. The monoisotopic (exact) mass is 445 g/mol. The molecular formula is C26H27N3O4. The second kappa shape index (κ2) is 10.2. The highest BCUT2D eigenvalue weighted by Gasteiger charge is 2.36. The van der Waals surface area contributed by atoms with Crippen LogP contribution in [0.2, 0.25) is 0 Å². The second-order valence-electron chi connectivity index (χ2n) is 7.80. The van der Waals surface area contributed by atoms with Gasteiger partial charge in [-0.25, -0.2) is 9.59 Å². The molecule has 0 spiro atoms. The number of ether oxygens (including phenoxy) is 1.